The van der Waals surface area contributed by atoms with Gasteiger partial charge in [0.25, 0.3) is 17.6 Å². The lowest BCUT2D eigenvalue weighted by Gasteiger charge is -2.10. The number of carbonyl (C=O) groups excluding carboxylic acids is 2. The van der Waals surface area contributed by atoms with Crippen molar-refractivity contribution in [2.24, 2.45) is 0 Å². The van der Waals surface area contributed by atoms with Gasteiger partial charge >= 0.3 is 0 Å². The number of hydrogen-bond donors (Lipinski definition) is 1. The third-order valence-electron chi connectivity index (χ3n) is 5.52. The van der Waals surface area contributed by atoms with E-state index in [0.717, 1.165) is 11.1 Å². The Morgan fingerprint density at radius 2 is 1.82 bits per heavy atom. The Hall–Kier alpha value is -3.91. The van der Waals surface area contributed by atoms with Crippen molar-refractivity contribution in [2.45, 2.75) is 13.5 Å². The van der Waals surface area contributed by atoms with Crippen molar-refractivity contribution in [1.82, 2.24) is 9.55 Å². The van der Waals surface area contributed by atoms with Crippen molar-refractivity contribution >= 4 is 39.9 Å². The van der Waals surface area contributed by atoms with Crippen LogP contribution in [0.2, 0.25) is 5.02 Å². The molecule has 0 saturated carbocycles. The number of methoxy groups -OCH3 is 2. The van der Waals surface area contributed by atoms with E-state index in [1.807, 2.05) is 22.8 Å². The van der Waals surface area contributed by atoms with Gasteiger partial charge in [0.05, 0.1) is 25.5 Å². The second-order valence-electron chi connectivity index (χ2n) is 7.52. The van der Waals surface area contributed by atoms with Crippen molar-refractivity contribution in [3.05, 3.63) is 82.4 Å². The van der Waals surface area contributed by atoms with Gasteiger partial charge in [-0.2, -0.15) is 4.39 Å². The van der Waals surface area contributed by atoms with Gasteiger partial charge in [0.15, 0.2) is 0 Å². The average molecular weight is 482 g/mol. The Morgan fingerprint density at radius 3 is 2.50 bits per heavy atom. The van der Waals surface area contributed by atoms with Gasteiger partial charge in [-0.3, -0.25) is 9.59 Å². The minimum absolute atomic E-state index is 0.203. The Balaban J connectivity index is 1.76. The number of ketones is 1. The first kappa shape index (κ1) is 23.3. The average Bonchev–Trinajstić information content (AvgIpc) is 3.11. The van der Waals surface area contributed by atoms with Gasteiger partial charge in [0.1, 0.15) is 5.75 Å². The molecule has 0 aliphatic heterocycles. The number of aromatic nitrogens is 2. The van der Waals surface area contributed by atoms with E-state index in [-0.39, 0.29) is 17.1 Å². The Labute approximate surface area is 200 Å². The normalized spacial score (nSPS) is 10.9. The largest absolute Gasteiger partial charge is 0.497 e. The molecule has 0 atom stereocenters. The van der Waals surface area contributed by atoms with Gasteiger partial charge in [-0.1, -0.05) is 23.7 Å². The van der Waals surface area contributed by atoms with Gasteiger partial charge in [-0.25, -0.2) is 4.98 Å². The number of Topliss-reactive ketones (excluding diaryl/α,β-unsaturated/α-hetero) is 1. The molecule has 4 rings (SSSR count). The molecule has 7 nitrogen and oxygen atoms in total. The monoisotopic (exact) mass is 481 g/mol. The number of nitrogens with one attached hydrogen (secondary N) is 1. The lowest BCUT2D eigenvalue weighted by Crippen LogP contribution is -2.24. The van der Waals surface area contributed by atoms with Crippen LogP contribution >= 0.6 is 11.6 Å². The van der Waals surface area contributed by atoms with Crippen LogP contribution in [0.25, 0.3) is 10.9 Å². The maximum absolute atomic E-state index is 14.5. The SMILES string of the molecule is COc1ccc2c(c1)c(C(=O)C(=O)Nc1ccnc(OC)c1F)c(C)n2Cc1ccc(Cl)cc1. The lowest BCUT2D eigenvalue weighted by molar-refractivity contribution is -0.112. The molecule has 0 spiro atoms. The highest BCUT2D eigenvalue weighted by Crippen LogP contribution is 2.31. The predicted octanol–water partition coefficient (Wildman–Crippen LogP) is 5.02. The quantitative estimate of drug-likeness (QED) is 0.296. The number of amides is 1. The van der Waals surface area contributed by atoms with Crippen LogP contribution in [-0.2, 0) is 11.3 Å². The van der Waals surface area contributed by atoms with Gasteiger partial charge in [-0.15, -0.1) is 0 Å². The van der Waals surface area contributed by atoms with Gasteiger partial charge in [0, 0.05) is 34.4 Å². The van der Waals surface area contributed by atoms with Crippen LogP contribution in [0.1, 0.15) is 21.6 Å². The molecule has 1 N–H and O–H groups in total. The fraction of sp³-hybridized carbons (Fsp3) is 0.160. The molecule has 2 heterocycles. The fourth-order valence-electron chi connectivity index (χ4n) is 3.81. The molecule has 0 unspecified atom stereocenters. The second-order valence-corrected chi connectivity index (χ2v) is 7.96. The van der Waals surface area contributed by atoms with Crippen molar-refractivity contribution in [2.75, 3.05) is 19.5 Å². The summed E-state index contributed by atoms with van der Waals surface area (Å²) in [5.41, 5.74) is 2.31. The van der Waals surface area contributed by atoms with E-state index in [4.69, 9.17) is 21.1 Å². The summed E-state index contributed by atoms with van der Waals surface area (Å²) in [5, 5.41) is 3.51. The maximum Gasteiger partial charge on any atom is 0.296 e. The van der Waals surface area contributed by atoms with Crippen molar-refractivity contribution < 1.29 is 23.5 Å². The molecule has 1 amide bonds. The number of fused-ring (bicyclic) bond motifs is 1. The number of carbonyl (C=O) groups is 2. The third kappa shape index (κ3) is 4.32. The molecular weight excluding hydrogens is 461 g/mol. The van der Waals surface area contributed by atoms with Crippen molar-refractivity contribution in [3.63, 3.8) is 0 Å². The zero-order valence-corrected chi connectivity index (χ0v) is 19.4. The minimum atomic E-state index is -0.983. The summed E-state index contributed by atoms with van der Waals surface area (Å²) >= 11 is 6.00. The number of hydrogen-bond acceptors (Lipinski definition) is 5. The number of pyridine rings is 1. The molecule has 0 saturated heterocycles. The summed E-state index contributed by atoms with van der Waals surface area (Å²) in [6.45, 7) is 2.22. The van der Waals surface area contributed by atoms with E-state index in [1.54, 1.807) is 31.2 Å². The number of anilines is 1. The zero-order chi connectivity index (χ0) is 24.4. The van der Waals surface area contributed by atoms with Crippen molar-refractivity contribution in [3.8, 4) is 11.6 Å². The number of rotatable bonds is 7. The molecular formula is C25H21ClFN3O4. The standard InChI is InChI=1S/C25H21ClFN3O4/c1-14-21(23(31)24(32)29-19-10-11-28-25(34-3)22(19)27)18-12-17(33-2)8-9-20(18)30(14)13-15-4-6-16(26)7-5-15/h4-12H,13H2,1-3H3,(H,28,29,32). The number of nitrogens with zero attached hydrogens (tertiary/aromatic N) is 2. The Kier molecular flexibility index (Phi) is 6.51. The van der Waals surface area contributed by atoms with E-state index in [0.29, 0.717) is 28.4 Å². The van der Waals surface area contributed by atoms with Gasteiger partial charge in [0.2, 0.25) is 5.82 Å². The molecule has 174 valence electrons. The van der Waals surface area contributed by atoms with Crippen LogP contribution in [0.3, 0.4) is 0 Å². The molecule has 0 radical (unpaired) electrons. The van der Waals surface area contributed by atoms with Crippen LogP contribution < -0.4 is 14.8 Å². The first-order valence-corrected chi connectivity index (χ1v) is 10.7. The highest BCUT2D eigenvalue weighted by atomic mass is 35.5. The molecule has 4 aromatic rings. The van der Waals surface area contributed by atoms with E-state index in [2.05, 4.69) is 10.3 Å². The summed E-state index contributed by atoms with van der Waals surface area (Å²) < 4.78 is 26.6. The first-order chi connectivity index (χ1) is 16.3. The van der Waals surface area contributed by atoms with E-state index >= 15 is 0 Å². The Morgan fingerprint density at radius 1 is 1.09 bits per heavy atom. The summed E-state index contributed by atoms with van der Waals surface area (Å²) in [6, 6.07) is 13.9. The predicted molar refractivity (Wildman–Crippen MR) is 127 cm³/mol. The number of ether oxygens (including phenoxy) is 2. The summed E-state index contributed by atoms with van der Waals surface area (Å²) in [5.74, 6) is -2.40. The van der Waals surface area contributed by atoms with E-state index in [1.165, 1.54) is 26.5 Å². The first-order valence-electron chi connectivity index (χ1n) is 10.3. The van der Waals surface area contributed by atoms with Gasteiger partial charge in [-0.05, 0) is 48.9 Å². The molecule has 0 fully saturated rings. The van der Waals surface area contributed by atoms with Crippen LogP contribution in [0, 0.1) is 12.7 Å². The van der Waals surface area contributed by atoms with E-state index in [9.17, 15) is 14.0 Å². The molecule has 2 aromatic heterocycles. The Bertz CT molecular complexity index is 1400. The highest BCUT2D eigenvalue weighted by Gasteiger charge is 2.27. The molecule has 0 bridgehead atoms. The van der Waals surface area contributed by atoms with Gasteiger partial charge < -0.3 is 19.4 Å². The number of halogens is 2. The zero-order valence-electron chi connectivity index (χ0n) is 18.7. The number of benzene rings is 2. The van der Waals surface area contributed by atoms with E-state index < -0.39 is 17.5 Å². The van der Waals surface area contributed by atoms with Crippen LogP contribution in [0.5, 0.6) is 11.6 Å². The molecule has 34 heavy (non-hydrogen) atoms. The summed E-state index contributed by atoms with van der Waals surface area (Å²) in [7, 11) is 2.78. The van der Waals surface area contributed by atoms with Crippen LogP contribution in [0.15, 0.2) is 54.7 Å². The van der Waals surface area contributed by atoms with Crippen LogP contribution in [-0.4, -0.2) is 35.5 Å². The summed E-state index contributed by atoms with van der Waals surface area (Å²) in [4.78, 5) is 29.9. The van der Waals surface area contributed by atoms with Crippen LogP contribution in [0.4, 0.5) is 10.1 Å². The molecule has 0 aliphatic carbocycles. The lowest BCUT2D eigenvalue weighted by atomic mass is 10.1. The van der Waals surface area contributed by atoms with Crippen molar-refractivity contribution in [1.29, 1.82) is 0 Å². The topological polar surface area (TPSA) is 82.5 Å². The smallest absolute Gasteiger partial charge is 0.296 e. The molecule has 9 heteroatoms. The molecule has 2 aromatic carbocycles. The summed E-state index contributed by atoms with van der Waals surface area (Å²) in [6.07, 6.45) is 1.27. The highest BCUT2D eigenvalue weighted by molar-refractivity contribution is 6.48. The second kappa shape index (κ2) is 9.52. The maximum atomic E-state index is 14.5. The third-order valence-corrected chi connectivity index (χ3v) is 5.77. The molecule has 0 aliphatic rings. The minimum Gasteiger partial charge on any atom is -0.497 e. The fourth-order valence-corrected chi connectivity index (χ4v) is 3.93.